The lowest BCUT2D eigenvalue weighted by atomic mass is 9.77. The Kier molecular flexibility index (Phi) is 7.90. The standard InChI is InChI=1S/C29H32FN5O4/c30-22-9-3-18(4-10-22)13-14-32-29-33-26(31)25-27(34-29)39-16-15-35(28(25)38)23-11-7-21(8-12-23)20-5-1-19(2-6-20)17-24(36)37/h3-4,7-12,19-20H,1-2,5-6,13-17H2,(H,36,37)(H3,31,32,33,34)/t19-,20-. The van der Waals surface area contributed by atoms with Crippen LogP contribution in [0.1, 0.15) is 59.5 Å². The zero-order chi connectivity index (χ0) is 27.4. The molecule has 204 valence electrons. The molecule has 0 atom stereocenters. The minimum atomic E-state index is -0.726. The Morgan fingerprint density at radius 3 is 2.49 bits per heavy atom. The summed E-state index contributed by atoms with van der Waals surface area (Å²) >= 11 is 0. The molecule has 1 aliphatic carbocycles. The lowest BCUT2D eigenvalue weighted by Crippen LogP contribution is -2.32. The Morgan fingerprint density at radius 1 is 1.08 bits per heavy atom. The number of carboxylic acid groups (broad SMARTS) is 1. The van der Waals surface area contributed by atoms with Crippen molar-refractivity contribution in [3.05, 3.63) is 71.0 Å². The van der Waals surface area contributed by atoms with Gasteiger partial charge < -0.3 is 25.8 Å². The van der Waals surface area contributed by atoms with Crippen LogP contribution < -0.4 is 20.7 Å². The molecule has 2 aromatic carbocycles. The molecule has 5 rings (SSSR count). The maximum atomic E-state index is 13.5. The number of fused-ring (bicyclic) bond motifs is 1. The number of hydrogen-bond acceptors (Lipinski definition) is 7. The van der Waals surface area contributed by atoms with E-state index in [0.29, 0.717) is 25.4 Å². The van der Waals surface area contributed by atoms with Crippen molar-refractivity contribution in [3.8, 4) is 5.88 Å². The summed E-state index contributed by atoms with van der Waals surface area (Å²) < 4.78 is 18.9. The van der Waals surface area contributed by atoms with Gasteiger partial charge >= 0.3 is 5.97 Å². The molecule has 10 heteroatoms. The highest BCUT2D eigenvalue weighted by atomic mass is 19.1. The number of nitrogen functional groups attached to an aromatic ring is 1. The van der Waals surface area contributed by atoms with E-state index in [9.17, 15) is 14.0 Å². The summed E-state index contributed by atoms with van der Waals surface area (Å²) in [5.74, 6) is -0.230. The second kappa shape index (κ2) is 11.7. The first kappa shape index (κ1) is 26.4. The Hall–Kier alpha value is -4.21. The molecule has 0 bridgehead atoms. The van der Waals surface area contributed by atoms with E-state index in [4.69, 9.17) is 15.6 Å². The highest BCUT2D eigenvalue weighted by Gasteiger charge is 2.30. The summed E-state index contributed by atoms with van der Waals surface area (Å²) in [7, 11) is 0. The number of aromatic nitrogens is 2. The van der Waals surface area contributed by atoms with Gasteiger partial charge in [-0.05, 0) is 79.3 Å². The molecule has 3 aromatic rings. The van der Waals surface area contributed by atoms with Crippen LogP contribution in [0.4, 0.5) is 21.8 Å². The van der Waals surface area contributed by atoms with Gasteiger partial charge in [0.15, 0.2) is 0 Å². The van der Waals surface area contributed by atoms with Crippen molar-refractivity contribution in [1.29, 1.82) is 0 Å². The number of anilines is 3. The maximum Gasteiger partial charge on any atom is 0.303 e. The van der Waals surface area contributed by atoms with Crippen molar-refractivity contribution in [1.82, 2.24) is 9.97 Å². The van der Waals surface area contributed by atoms with Gasteiger partial charge in [0, 0.05) is 18.7 Å². The van der Waals surface area contributed by atoms with Gasteiger partial charge in [-0.3, -0.25) is 9.59 Å². The fourth-order valence-electron chi connectivity index (χ4n) is 5.40. The number of carbonyl (C=O) groups is 2. The number of ether oxygens (including phenoxy) is 1. The lowest BCUT2D eigenvalue weighted by molar-refractivity contribution is -0.138. The van der Waals surface area contributed by atoms with Gasteiger partial charge in [0.25, 0.3) is 5.91 Å². The van der Waals surface area contributed by atoms with Crippen LogP contribution in [0, 0.1) is 11.7 Å². The number of nitrogens with zero attached hydrogens (tertiary/aromatic N) is 3. The van der Waals surface area contributed by atoms with Crippen LogP contribution in [0.5, 0.6) is 5.88 Å². The van der Waals surface area contributed by atoms with E-state index >= 15 is 0 Å². The third kappa shape index (κ3) is 6.27. The number of rotatable bonds is 8. The first-order valence-corrected chi connectivity index (χ1v) is 13.3. The normalized spacial score (nSPS) is 19.1. The van der Waals surface area contributed by atoms with Gasteiger partial charge in [0.05, 0.1) is 6.54 Å². The second-order valence-electron chi connectivity index (χ2n) is 10.1. The van der Waals surface area contributed by atoms with E-state index < -0.39 is 5.97 Å². The monoisotopic (exact) mass is 533 g/mol. The Labute approximate surface area is 226 Å². The van der Waals surface area contributed by atoms with Crippen LogP contribution >= 0.6 is 0 Å². The van der Waals surface area contributed by atoms with Crippen molar-refractivity contribution in [2.24, 2.45) is 5.92 Å². The van der Waals surface area contributed by atoms with Crippen LogP contribution in [0.25, 0.3) is 0 Å². The summed E-state index contributed by atoms with van der Waals surface area (Å²) in [6.07, 6.45) is 4.64. The van der Waals surface area contributed by atoms with Crippen LogP contribution in [0.3, 0.4) is 0 Å². The number of carbonyl (C=O) groups excluding carboxylic acids is 1. The van der Waals surface area contributed by atoms with Crippen LogP contribution in [0.15, 0.2) is 48.5 Å². The van der Waals surface area contributed by atoms with Crippen LogP contribution in [-0.4, -0.2) is 46.6 Å². The molecule has 1 aliphatic heterocycles. The second-order valence-corrected chi connectivity index (χ2v) is 10.1. The molecule has 0 radical (unpaired) electrons. The molecule has 1 saturated carbocycles. The molecule has 2 heterocycles. The quantitative estimate of drug-likeness (QED) is 0.382. The van der Waals surface area contributed by atoms with Gasteiger partial charge in [0.2, 0.25) is 11.8 Å². The number of halogens is 1. The van der Waals surface area contributed by atoms with E-state index in [2.05, 4.69) is 15.3 Å². The molecule has 1 aromatic heterocycles. The molecular weight excluding hydrogens is 501 g/mol. The Bertz CT molecular complexity index is 1320. The zero-order valence-corrected chi connectivity index (χ0v) is 21.6. The molecule has 0 spiro atoms. The van der Waals surface area contributed by atoms with Crippen LogP contribution in [0.2, 0.25) is 0 Å². The highest BCUT2D eigenvalue weighted by Crippen LogP contribution is 2.38. The summed E-state index contributed by atoms with van der Waals surface area (Å²) in [5.41, 5.74) is 9.24. The molecule has 39 heavy (non-hydrogen) atoms. The smallest absolute Gasteiger partial charge is 0.303 e. The molecule has 0 saturated heterocycles. The minimum Gasteiger partial charge on any atom is -0.481 e. The Morgan fingerprint density at radius 2 is 1.79 bits per heavy atom. The zero-order valence-electron chi connectivity index (χ0n) is 21.6. The number of nitrogens with one attached hydrogen (secondary N) is 1. The van der Waals surface area contributed by atoms with Gasteiger partial charge in [0.1, 0.15) is 23.8 Å². The van der Waals surface area contributed by atoms with Crippen molar-refractivity contribution in [2.75, 3.05) is 35.6 Å². The van der Waals surface area contributed by atoms with Gasteiger partial charge in [-0.15, -0.1) is 0 Å². The summed E-state index contributed by atoms with van der Waals surface area (Å²) in [6, 6.07) is 14.2. The molecule has 0 unspecified atom stereocenters. The number of nitrogens with two attached hydrogens (primary N) is 1. The first-order chi connectivity index (χ1) is 18.9. The summed E-state index contributed by atoms with van der Waals surface area (Å²) in [6.45, 7) is 1.08. The average Bonchev–Trinajstić information content (AvgIpc) is 3.09. The summed E-state index contributed by atoms with van der Waals surface area (Å²) in [5, 5.41) is 12.1. The Balaban J connectivity index is 1.24. The topological polar surface area (TPSA) is 131 Å². The van der Waals surface area contributed by atoms with E-state index in [0.717, 1.165) is 36.9 Å². The van der Waals surface area contributed by atoms with Crippen molar-refractivity contribution in [2.45, 2.75) is 44.4 Å². The van der Waals surface area contributed by atoms with Crippen LogP contribution in [-0.2, 0) is 11.2 Å². The van der Waals surface area contributed by atoms with E-state index in [1.807, 2.05) is 24.3 Å². The van der Waals surface area contributed by atoms with E-state index in [1.54, 1.807) is 17.0 Å². The first-order valence-electron chi connectivity index (χ1n) is 13.3. The van der Waals surface area contributed by atoms with Crippen molar-refractivity contribution < 1.29 is 23.8 Å². The predicted octanol–water partition coefficient (Wildman–Crippen LogP) is 4.64. The van der Waals surface area contributed by atoms with Crippen molar-refractivity contribution >= 4 is 29.3 Å². The predicted molar refractivity (Wildman–Crippen MR) is 146 cm³/mol. The number of hydrogen-bond donors (Lipinski definition) is 3. The molecule has 1 amide bonds. The lowest BCUT2D eigenvalue weighted by Gasteiger charge is -2.28. The average molecular weight is 534 g/mol. The largest absolute Gasteiger partial charge is 0.481 e. The SMILES string of the molecule is Nc1nc(NCCc2ccc(F)cc2)nc2c1C(=O)N(c1ccc([C@H]3CC[C@H](CC(=O)O)CC3)cc1)CCO2. The van der Waals surface area contributed by atoms with E-state index in [1.165, 1.54) is 17.7 Å². The number of benzene rings is 2. The van der Waals surface area contributed by atoms with Gasteiger partial charge in [-0.2, -0.15) is 9.97 Å². The molecule has 1 fully saturated rings. The minimum absolute atomic E-state index is 0.0379. The fourth-order valence-corrected chi connectivity index (χ4v) is 5.40. The molecule has 9 nitrogen and oxygen atoms in total. The van der Waals surface area contributed by atoms with Gasteiger partial charge in [-0.1, -0.05) is 24.3 Å². The fraction of sp³-hybridized carbons (Fsp3) is 0.379. The molecule has 4 N–H and O–H groups in total. The third-order valence-corrected chi connectivity index (χ3v) is 7.51. The third-order valence-electron chi connectivity index (χ3n) is 7.51. The van der Waals surface area contributed by atoms with E-state index in [-0.39, 0.29) is 53.9 Å². The number of carboxylic acids is 1. The summed E-state index contributed by atoms with van der Waals surface area (Å²) in [4.78, 5) is 34.8. The van der Waals surface area contributed by atoms with Crippen molar-refractivity contribution in [3.63, 3.8) is 0 Å². The number of aliphatic carboxylic acids is 1. The maximum absolute atomic E-state index is 13.5. The molecule has 2 aliphatic rings. The molecular formula is C29H32FN5O4. The van der Waals surface area contributed by atoms with Gasteiger partial charge in [-0.25, -0.2) is 4.39 Å². The highest BCUT2D eigenvalue weighted by molar-refractivity contribution is 6.10. The number of amides is 1.